The van der Waals surface area contributed by atoms with E-state index in [9.17, 15) is 4.79 Å². The Hall–Kier alpha value is -1.48. The summed E-state index contributed by atoms with van der Waals surface area (Å²) in [6.07, 6.45) is 1.20. The van der Waals surface area contributed by atoms with Crippen LogP contribution in [-0.4, -0.2) is 12.5 Å². The van der Waals surface area contributed by atoms with Crippen molar-refractivity contribution in [2.24, 2.45) is 0 Å². The van der Waals surface area contributed by atoms with Crippen LogP contribution < -0.4 is 10.1 Å². The van der Waals surface area contributed by atoms with Gasteiger partial charge in [0.05, 0.1) is 11.6 Å². The normalized spacial score (nSPS) is 9.47. The van der Waals surface area contributed by atoms with Crippen LogP contribution in [0.25, 0.3) is 0 Å². The van der Waals surface area contributed by atoms with Crippen LogP contribution in [0.4, 0.5) is 5.69 Å². The summed E-state index contributed by atoms with van der Waals surface area (Å²) in [5.74, 6) is 0.339. The summed E-state index contributed by atoms with van der Waals surface area (Å²) < 4.78 is 5.26. The van der Waals surface area contributed by atoms with Crippen molar-refractivity contribution in [1.82, 2.24) is 0 Å². The number of hydrogen-bond donors (Lipinski definition) is 1. The summed E-state index contributed by atoms with van der Waals surface area (Å²) in [5.41, 5.74) is 0.619. The minimum atomic E-state index is -0.268. The van der Waals surface area contributed by atoms with Gasteiger partial charge in [0, 0.05) is 5.69 Å². The van der Waals surface area contributed by atoms with Gasteiger partial charge < -0.3 is 10.1 Å². The second kappa shape index (κ2) is 5.41. The van der Waals surface area contributed by atoms with Crippen molar-refractivity contribution in [2.75, 3.05) is 11.9 Å². The quantitative estimate of drug-likeness (QED) is 0.801. The smallest absolute Gasteiger partial charge is 0.247 e. The molecule has 0 aromatic heterocycles. The average molecular weight is 226 g/mol. The third-order valence-corrected chi connectivity index (χ3v) is 1.98. The van der Waals surface area contributed by atoms with Gasteiger partial charge in [-0.1, -0.05) is 18.2 Å². The first-order valence-corrected chi connectivity index (χ1v) is 4.91. The molecule has 0 saturated heterocycles. The van der Waals surface area contributed by atoms with Crippen LogP contribution in [0.3, 0.4) is 0 Å². The molecule has 80 valence electrons. The molecule has 0 radical (unpaired) electrons. The molecule has 0 bridgehead atoms. The SMILES string of the molecule is C=CC(=O)Nc1ccc(OCC)c(Cl)c1. The van der Waals surface area contributed by atoms with Gasteiger partial charge in [-0.05, 0) is 31.2 Å². The number of amides is 1. The van der Waals surface area contributed by atoms with Crippen LogP contribution in [0, 0.1) is 0 Å². The number of halogens is 1. The molecule has 1 N–H and O–H groups in total. The van der Waals surface area contributed by atoms with Crippen LogP contribution >= 0.6 is 11.6 Å². The third-order valence-electron chi connectivity index (χ3n) is 1.68. The minimum Gasteiger partial charge on any atom is -0.492 e. The largest absolute Gasteiger partial charge is 0.492 e. The zero-order chi connectivity index (χ0) is 11.3. The Kier molecular flexibility index (Phi) is 4.18. The lowest BCUT2D eigenvalue weighted by molar-refractivity contribution is -0.111. The Morgan fingerprint density at radius 3 is 2.93 bits per heavy atom. The van der Waals surface area contributed by atoms with Gasteiger partial charge in [-0.15, -0.1) is 0 Å². The van der Waals surface area contributed by atoms with E-state index >= 15 is 0 Å². The lowest BCUT2D eigenvalue weighted by atomic mass is 10.3. The topological polar surface area (TPSA) is 38.3 Å². The summed E-state index contributed by atoms with van der Waals surface area (Å²) in [4.78, 5) is 11.0. The summed E-state index contributed by atoms with van der Waals surface area (Å²) in [6.45, 7) is 5.79. The molecule has 1 aromatic rings. The number of rotatable bonds is 4. The predicted octanol–water partition coefficient (Wildman–Crippen LogP) is 2.86. The summed E-state index contributed by atoms with van der Waals surface area (Å²) in [6, 6.07) is 5.07. The number of hydrogen-bond acceptors (Lipinski definition) is 2. The second-order valence-corrected chi connectivity index (χ2v) is 3.18. The molecule has 0 fully saturated rings. The van der Waals surface area contributed by atoms with Gasteiger partial charge in [0.25, 0.3) is 0 Å². The molecule has 0 aliphatic rings. The molecular formula is C11H12ClNO2. The number of carbonyl (C=O) groups is 1. The molecule has 0 aliphatic heterocycles. The van der Waals surface area contributed by atoms with E-state index in [0.717, 1.165) is 0 Å². The monoisotopic (exact) mass is 225 g/mol. The van der Waals surface area contributed by atoms with Gasteiger partial charge in [-0.25, -0.2) is 0 Å². The Bertz CT molecular complexity index is 377. The molecule has 0 spiro atoms. The highest BCUT2D eigenvalue weighted by Gasteiger charge is 2.03. The van der Waals surface area contributed by atoms with E-state index in [0.29, 0.717) is 23.1 Å². The number of carbonyl (C=O) groups excluding carboxylic acids is 1. The number of anilines is 1. The van der Waals surface area contributed by atoms with Crippen molar-refractivity contribution in [3.05, 3.63) is 35.9 Å². The highest BCUT2D eigenvalue weighted by Crippen LogP contribution is 2.27. The van der Waals surface area contributed by atoms with E-state index in [4.69, 9.17) is 16.3 Å². The fourth-order valence-electron chi connectivity index (χ4n) is 1.04. The Morgan fingerprint density at radius 1 is 1.67 bits per heavy atom. The molecular weight excluding hydrogens is 214 g/mol. The van der Waals surface area contributed by atoms with Crippen molar-refractivity contribution in [2.45, 2.75) is 6.92 Å². The molecule has 1 amide bonds. The van der Waals surface area contributed by atoms with Crippen LogP contribution in [0.2, 0.25) is 5.02 Å². The molecule has 0 unspecified atom stereocenters. The average Bonchev–Trinajstić information content (AvgIpc) is 2.22. The summed E-state index contributed by atoms with van der Waals surface area (Å²) >= 11 is 5.93. The summed E-state index contributed by atoms with van der Waals surface area (Å²) in [5, 5.41) is 3.08. The maximum atomic E-state index is 11.0. The van der Waals surface area contributed by atoms with E-state index in [2.05, 4.69) is 11.9 Å². The first-order valence-electron chi connectivity index (χ1n) is 4.53. The van der Waals surface area contributed by atoms with Crippen LogP contribution in [0.1, 0.15) is 6.92 Å². The Balaban J connectivity index is 2.81. The van der Waals surface area contributed by atoms with Crippen molar-refractivity contribution in [1.29, 1.82) is 0 Å². The van der Waals surface area contributed by atoms with Gasteiger partial charge in [0.1, 0.15) is 5.75 Å². The van der Waals surface area contributed by atoms with E-state index in [1.807, 2.05) is 6.92 Å². The predicted molar refractivity (Wildman–Crippen MR) is 61.4 cm³/mol. The Morgan fingerprint density at radius 2 is 2.40 bits per heavy atom. The molecule has 0 aliphatic carbocycles. The highest BCUT2D eigenvalue weighted by atomic mass is 35.5. The third kappa shape index (κ3) is 3.29. The van der Waals surface area contributed by atoms with E-state index in [-0.39, 0.29) is 5.91 Å². The van der Waals surface area contributed by atoms with Crippen molar-refractivity contribution in [3.8, 4) is 5.75 Å². The molecule has 1 rings (SSSR count). The summed E-state index contributed by atoms with van der Waals surface area (Å²) in [7, 11) is 0. The van der Waals surface area contributed by atoms with Crippen molar-refractivity contribution >= 4 is 23.2 Å². The van der Waals surface area contributed by atoms with Crippen LogP contribution in [0.5, 0.6) is 5.75 Å². The molecule has 0 atom stereocenters. The minimum absolute atomic E-state index is 0.268. The zero-order valence-corrected chi connectivity index (χ0v) is 9.17. The number of ether oxygens (including phenoxy) is 1. The lowest BCUT2D eigenvalue weighted by Crippen LogP contribution is -2.07. The van der Waals surface area contributed by atoms with E-state index < -0.39 is 0 Å². The molecule has 0 saturated carbocycles. The first-order chi connectivity index (χ1) is 7.17. The van der Waals surface area contributed by atoms with Crippen LogP contribution in [-0.2, 0) is 4.79 Å². The van der Waals surface area contributed by atoms with Crippen molar-refractivity contribution < 1.29 is 9.53 Å². The molecule has 0 heterocycles. The highest BCUT2D eigenvalue weighted by molar-refractivity contribution is 6.32. The maximum absolute atomic E-state index is 11.0. The Labute approximate surface area is 93.7 Å². The van der Waals surface area contributed by atoms with E-state index in [1.165, 1.54) is 6.08 Å². The zero-order valence-electron chi connectivity index (χ0n) is 8.42. The second-order valence-electron chi connectivity index (χ2n) is 2.77. The molecule has 1 aromatic carbocycles. The fraction of sp³-hybridized carbons (Fsp3) is 0.182. The molecule has 3 nitrogen and oxygen atoms in total. The molecule has 4 heteroatoms. The van der Waals surface area contributed by atoms with Gasteiger partial charge >= 0.3 is 0 Å². The van der Waals surface area contributed by atoms with Gasteiger partial charge in [0.2, 0.25) is 5.91 Å². The first kappa shape index (κ1) is 11.6. The maximum Gasteiger partial charge on any atom is 0.247 e. The lowest BCUT2D eigenvalue weighted by Gasteiger charge is -2.07. The van der Waals surface area contributed by atoms with Gasteiger partial charge in [0.15, 0.2) is 0 Å². The van der Waals surface area contributed by atoms with Crippen molar-refractivity contribution in [3.63, 3.8) is 0 Å². The van der Waals surface area contributed by atoms with Gasteiger partial charge in [-0.2, -0.15) is 0 Å². The fourth-order valence-corrected chi connectivity index (χ4v) is 1.28. The van der Waals surface area contributed by atoms with E-state index in [1.54, 1.807) is 18.2 Å². The number of nitrogens with one attached hydrogen (secondary N) is 1. The number of benzene rings is 1. The molecule has 15 heavy (non-hydrogen) atoms. The van der Waals surface area contributed by atoms with Gasteiger partial charge in [-0.3, -0.25) is 4.79 Å². The standard InChI is InChI=1S/C11H12ClNO2/c1-3-11(14)13-8-5-6-10(15-4-2)9(12)7-8/h3,5-7H,1,4H2,2H3,(H,13,14). The van der Waals surface area contributed by atoms with Crippen LogP contribution in [0.15, 0.2) is 30.9 Å².